The third kappa shape index (κ3) is 6.44. The van der Waals surface area contributed by atoms with E-state index >= 15 is 0 Å². The number of nitriles is 1. The van der Waals surface area contributed by atoms with Gasteiger partial charge in [0.05, 0.1) is 11.6 Å². The molecule has 1 atom stereocenters. The molecule has 0 aliphatic carbocycles. The molecule has 0 aromatic heterocycles. The number of carboxylic acids is 1. The van der Waals surface area contributed by atoms with Gasteiger partial charge in [0.1, 0.15) is 0 Å². The molecule has 1 heterocycles. The zero-order valence-electron chi connectivity index (χ0n) is 13.4. The Morgan fingerprint density at radius 1 is 1.30 bits per heavy atom. The molecule has 6 nitrogen and oxygen atoms in total. The van der Waals surface area contributed by atoms with Crippen LogP contribution in [0, 0.1) is 23.2 Å². The average molecular weight is 337 g/mol. The second kappa shape index (κ2) is 8.15. The van der Waals surface area contributed by atoms with Crippen molar-refractivity contribution in [3.05, 3.63) is 0 Å². The Morgan fingerprint density at radius 2 is 1.70 bits per heavy atom. The van der Waals surface area contributed by atoms with Crippen LogP contribution >= 0.6 is 0 Å². The van der Waals surface area contributed by atoms with Crippen molar-refractivity contribution in [3.8, 4) is 6.07 Å². The fourth-order valence-electron chi connectivity index (χ4n) is 1.80. The lowest BCUT2D eigenvalue weighted by Gasteiger charge is -2.37. The van der Waals surface area contributed by atoms with Crippen molar-refractivity contribution < 1.29 is 27.9 Å². The largest absolute Gasteiger partial charge is 0.490 e. The van der Waals surface area contributed by atoms with Crippen molar-refractivity contribution in [2.45, 2.75) is 45.3 Å². The van der Waals surface area contributed by atoms with Crippen LogP contribution in [-0.4, -0.2) is 46.7 Å². The van der Waals surface area contributed by atoms with Crippen LogP contribution in [0.5, 0.6) is 0 Å². The lowest BCUT2D eigenvalue weighted by Crippen LogP contribution is -2.57. The summed E-state index contributed by atoms with van der Waals surface area (Å²) in [5.74, 6) is -2.52. The molecular formula is C14H22F3N3O3. The molecule has 1 aliphatic heterocycles. The Morgan fingerprint density at radius 3 is 1.96 bits per heavy atom. The van der Waals surface area contributed by atoms with Crippen LogP contribution in [0.4, 0.5) is 13.2 Å². The highest BCUT2D eigenvalue weighted by molar-refractivity contribution is 5.86. The maximum Gasteiger partial charge on any atom is 0.490 e. The van der Waals surface area contributed by atoms with Crippen LogP contribution in [0.15, 0.2) is 0 Å². The number of amides is 1. The van der Waals surface area contributed by atoms with E-state index in [1.807, 2.05) is 13.8 Å². The van der Waals surface area contributed by atoms with Crippen molar-refractivity contribution in [2.75, 3.05) is 13.1 Å². The molecule has 0 bridgehead atoms. The number of carbonyl (C=O) groups excluding carboxylic acids is 1. The topological polar surface area (TPSA) is 107 Å². The van der Waals surface area contributed by atoms with E-state index in [0.717, 1.165) is 12.8 Å². The van der Waals surface area contributed by atoms with E-state index in [9.17, 15) is 18.0 Å². The number of hydrogen-bond acceptors (Lipinski definition) is 4. The van der Waals surface area contributed by atoms with Crippen molar-refractivity contribution in [2.24, 2.45) is 17.6 Å². The molecule has 1 aliphatic rings. The van der Waals surface area contributed by atoms with Crippen LogP contribution in [0.3, 0.4) is 0 Å². The molecule has 1 rings (SSSR count). The van der Waals surface area contributed by atoms with Gasteiger partial charge < -0.3 is 15.7 Å². The zero-order valence-corrected chi connectivity index (χ0v) is 13.4. The van der Waals surface area contributed by atoms with Gasteiger partial charge in [-0.1, -0.05) is 13.8 Å². The first-order chi connectivity index (χ1) is 10.3. The summed E-state index contributed by atoms with van der Waals surface area (Å²) in [6.45, 7) is 7.03. The van der Waals surface area contributed by atoms with Gasteiger partial charge in [0.2, 0.25) is 5.91 Å². The lowest BCUT2D eigenvalue weighted by atomic mass is 9.87. The molecular weight excluding hydrogens is 315 g/mol. The average Bonchev–Trinajstić information content (AvgIpc) is 2.46. The fourth-order valence-corrected chi connectivity index (χ4v) is 1.80. The summed E-state index contributed by atoms with van der Waals surface area (Å²) < 4.78 is 31.7. The second-order valence-corrected chi connectivity index (χ2v) is 5.94. The molecule has 0 spiro atoms. The summed E-state index contributed by atoms with van der Waals surface area (Å²) in [5.41, 5.74) is 5.25. The predicted molar refractivity (Wildman–Crippen MR) is 76.0 cm³/mol. The van der Waals surface area contributed by atoms with Crippen molar-refractivity contribution >= 4 is 11.9 Å². The summed E-state index contributed by atoms with van der Waals surface area (Å²) in [4.78, 5) is 22.9. The molecule has 0 unspecified atom stereocenters. The number of piperidine rings is 1. The summed E-state index contributed by atoms with van der Waals surface area (Å²) in [5, 5.41) is 15.9. The van der Waals surface area contributed by atoms with Gasteiger partial charge in [0.25, 0.3) is 0 Å². The maximum absolute atomic E-state index is 12.2. The van der Waals surface area contributed by atoms with Gasteiger partial charge in [0, 0.05) is 19.0 Å². The van der Waals surface area contributed by atoms with Gasteiger partial charge in [-0.15, -0.1) is 0 Å². The Balaban J connectivity index is 0.000000585. The van der Waals surface area contributed by atoms with Gasteiger partial charge in [0.15, 0.2) is 0 Å². The molecule has 1 amide bonds. The molecule has 0 saturated carbocycles. The van der Waals surface area contributed by atoms with Crippen LogP contribution in [0.1, 0.15) is 33.6 Å². The van der Waals surface area contributed by atoms with Crippen LogP contribution in [0.25, 0.3) is 0 Å². The van der Waals surface area contributed by atoms with E-state index in [2.05, 4.69) is 6.07 Å². The predicted octanol–water partition coefficient (Wildman–Crippen LogP) is 1.76. The Labute approximate surface area is 133 Å². The highest BCUT2D eigenvalue weighted by atomic mass is 19.4. The third-order valence-electron chi connectivity index (χ3n) is 3.87. The number of nitrogens with two attached hydrogens (primary N) is 1. The van der Waals surface area contributed by atoms with Crippen molar-refractivity contribution in [1.29, 1.82) is 5.26 Å². The summed E-state index contributed by atoms with van der Waals surface area (Å²) >= 11 is 0. The number of halogens is 3. The molecule has 9 heteroatoms. The van der Waals surface area contributed by atoms with E-state index in [1.165, 1.54) is 0 Å². The highest BCUT2D eigenvalue weighted by Gasteiger charge is 2.38. The van der Waals surface area contributed by atoms with E-state index in [-0.39, 0.29) is 17.7 Å². The minimum atomic E-state index is -5.08. The molecule has 1 saturated heterocycles. The minimum Gasteiger partial charge on any atom is -0.475 e. The Kier molecular flexibility index (Phi) is 7.51. The number of carboxylic acid groups (broad SMARTS) is 1. The van der Waals surface area contributed by atoms with Crippen molar-refractivity contribution in [1.82, 2.24) is 4.90 Å². The Bertz CT molecular complexity index is 462. The lowest BCUT2D eigenvalue weighted by molar-refractivity contribution is -0.192. The monoisotopic (exact) mass is 337 g/mol. The number of aliphatic carboxylic acids is 1. The first-order valence-corrected chi connectivity index (χ1v) is 7.12. The van der Waals surface area contributed by atoms with E-state index in [4.69, 9.17) is 20.9 Å². The molecule has 23 heavy (non-hydrogen) atoms. The number of alkyl halides is 3. The normalized spacial score (nSPS) is 18.5. The number of likely N-dealkylation sites (tertiary alicyclic amines) is 1. The molecule has 3 N–H and O–H groups in total. The van der Waals surface area contributed by atoms with Crippen molar-refractivity contribution in [3.63, 3.8) is 0 Å². The van der Waals surface area contributed by atoms with Gasteiger partial charge >= 0.3 is 12.1 Å². The molecule has 0 radical (unpaired) electrons. The Hall–Kier alpha value is -1.82. The first kappa shape index (κ1) is 21.2. The summed E-state index contributed by atoms with van der Waals surface area (Å²) in [6.07, 6.45) is -3.53. The van der Waals surface area contributed by atoms with Gasteiger partial charge in [-0.3, -0.25) is 4.79 Å². The van der Waals surface area contributed by atoms with Crippen LogP contribution in [0.2, 0.25) is 0 Å². The summed E-state index contributed by atoms with van der Waals surface area (Å²) in [7, 11) is 0. The van der Waals surface area contributed by atoms with Gasteiger partial charge in [-0.25, -0.2) is 4.79 Å². The fraction of sp³-hybridized carbons (Fsp3) is 0.786. The number of carbonyl (C=O) groups is 2. The number of hydrogen-bond donors (Lipinski definition) is 2. The number of nitrogens with zero attached hydrogens (tertiary/aromatic N) is 2. The molecule has 132 valence electrons. The zero-order chi connectivity index (χ0) is 18.4. The minimum absolute atomic E-state index is 0.0129. The number of rotatable bonds is 2. The molecule has 0 aromatic rings. The smallest absolute Gasteiger partial charge is 0.475 e. The third-order valence-corrected chi connectivity index (χ3v) is 3.87. The highest BCUT2D eigenvalue weighted by Crippen LogP contribution is 2.22. The van der Waals surface area contributed by atoms with Gasteiger partial charge in [-0.2, -0.15) is 18.4 Å². The second-order valence-electron chi connectivity index (χ2n) is 5.94. The van der Waals surface area contributed by atoms with E-state index in [0.29, 0.717) is 13.1 Å². The SMILES string of the molecule is CC(C)[C@@](C)(N)C(=O)N1CCC(C#N)CC1.O=C(O)C(F)(F)F. The van der Waals surface area contributed by atoms with Gasteiger partial charge in [-0.05, 0) is 25.7 Å². The van der Waals surface area contributed by atoms with E-state index in [1.54, 1.807) is 11.8 Å². The van der Waals surface area contributed by atoms with Crippen LogP contribution in [-0.2, 0) is 9.59 Å². The molecule has 0 aromatic carbocycles. The quantitative estimate of drug-likeness (QED) is 0.798. The summed E-state index contributed by atoms with van der Waals surface area (Å²) in [6, 6.07) is 2.26. The maximum atomic E-state index is 12.2. The molecule has 1 fully saturated rings. The van der Waals surface area contributed by atoms with E-state index < -0.39 is 17.7 Å². The first-order valence-electron chi connectivity index (χ1n) is 7.12. The standard InChI is InChI=1S/C12H21N3O.C2HF3O2/c1-9(2)12(3,14)11(16)15-6-4-10(8-13)5-7-15;3-2(4,5)1(6)7/h9-10H,4-7,14H2,1-3H3;(H,6,7)/t12-;/m1./s1. The van der Waals surface area contributed by atoms with Crippen LogP contribution < -0.4 is 5.73 Å².